The molecule has 0 aliphatic heterocycles. The van der Waals surface area contributed by atoms with Crippen LogP contribution in [0.2, 0.25) is 10.0 Å². The first-order valence-corrected chi connectivity index (χ1v) is 6.14. The number of hydrogen-bond acceptors (Lipinski definition) is 2. The van der Waals surface area contributed by atoms with Gasteiger partial charge in [-0.05, 0) is 12.5 Å². The quantitative estimate of drug-likeness (QED) is 0.855. The summed E-state index contributed by atoms with van der Waals surface area (Å²) in [7, 11) is 1.54. The molecule has 0 bridgehead atoms. The Morgan fingerprint density at radius 3 is 2.65 bits per heavy atom. The SMILES string of the molecule is CCCC(N)C#Cc1cc(Cl)c(OC)cc1Cl. The van der Waals surface area contributed by atoms with Crippen LogP contribution in [0.4, 0.5) is 0 Å². The number of ether oxygens (including phenoxy) is 1. The van der Waals surface area contributed by atoms with E-state index in [1.165, 1.54) is 0 Å². The van der Waals surface area contributed by atoms with E-state index in [0.717, 1.165) is 12.8 Å². The number of methoxy groups -OCH3 is 1. The molecule has 0 heterocycles. The van der Waals surface area contributed by atoms with Crippen LogP contribution in [0.5, 0.6) is 5.75 Å². The van der Waals surface area contributed by atoms with Crippen molar-refractivity contribution in [1.82, 2.24) is 0 Å². The fraction of sp³-hybridized carbons (Fsp3) is 0.385. The van der Waals surface area contributed by atoms with Crippen LogP contribution in [0.1, 0.15) is 25.3 Å². The topological polar surface area (TPSA) is 35.2 Å². The van der Waals surface area contributed by atoms with Crippen molar-refractivity contribution >= 4 is 23.2 Å². The minimum atomic E-state index is -0.128. The van der Waals surface area contributed by atoms with E-state index in [9.17, 15) is 0 Å². The third-order valence-electron chi connectivity index (χ3n) is 2.23. The van der Waals surface area contributed by atoms with E-state index in [2.05, 4.69) is 18.8 Å². The molecular weight excluding hydrogens is 257 g/mol. The number of hydrogen-bond donors (Lipinski definition) is 1. The molecule has 0 aliphatic carbocycles. The molecule has 1 aromatic rings. The van der Waals surface area contributed by atoms with Gasteiger partial charge in [0.25, 0.3) is 0 Å². The molecule has 92 valence electrons. The van der Waals surface area contributed by atoms with Crippen LogP contribution in [-0.4, -0.2) is 13.2 Å². The molecule has 1 unspecified atom stereocenters. The average Bonchev–Trinajstić information content (AvgIpc) is 2.30. The lowest BCUT2D eigenvalue weighted by atomic mass is 10.1. The van der Waals surface area contributed by atoms with E-state index < -0.39 is 0 Å². The summed E-state index contributed by atoms with van der Waals surface area (Å²) in [4.78, 5) is 0. The Balaban J connectivity index is 2.95. The molecule has 0 amide bonds. The van der Waals surface area contributed by atoms with Crippen LogP contribution in [-0.2, 0) is 0 Å². The van der Waals surface area contributed by atoms with Gasteiger partial charge in [-0.2, -0.15) is 0 Å². The zero-order chi connectivity index (χ0) is 12.8. The van der Waals surface area contributed by atoms with E-state index in [1.807, 2.05) is 0 Å². The maximum Gasteiger partial charge on any atom is 0.139 e. The van der Waals surface area contributed by atoms with Gasteiger partial charge in [0.05, 0.1) is 23.2 Å². The minimum Gasteiger partial charge on any atom is -0.495 e. The Hall–Kier alpha value is -0.880. The van der Waals surface area contributed by atoms with Crippen molar-refractivity contribution in [1.29, 1.82) is 0 Å². The van der Waals surface area contributed by atoms with Crippen LogP contribution in [0.15, 0.2) is 12.1 Å². The first-order valence-electron chi connectivity index (χ1n) is 5.38. The Kier molecular flexibility index (Phi) is 5.64. The molecule has 1 atom stereocenters. The fourth-order valence-electron chi connectivity index (χ4n) is 1.33. The summed E-state index contributed by atoms with van der Waals surface area (Å²) in [5, 5.41) is 1.01. The second-order valence-electron chi connectivity index (χ2n) is 3.63. The van der Waals surface area contributed by atoms with Gasteiger partial charge in [0.1, 0.15) is 5.75 Å². The molecular formula is C13H15Cl2NO. The number of benzene rings is 1. The molecule has 1 aromatic carbocycles. The van der Waals surface area contributed by atoms with E-state index >= 15 is 0 Å². The number of halogens is 2. The Bertz CT molecular complexity index is 449. The Morgan fingerprint density at radius 2 is 2.06 bits per heavy atom. The van der Waals surface area contributed by atoms with Crippen LogP contribution in [0, 0.1) is 11.8 Å². The Morgan fingerprint density at radius 1 is 1.35 bits per heavy atom. The fourth-order valence-corrected chi connectivity index (χ4v) is 1.78. The average molecular weight is 272 g/mol. The largest absolute Gasteiger partial charge is 0.495 e. The van der Waals surface area contributed by atoms with Gasteiger partial charge >= 0.3 is 0 Å². The van der Waals surface area contributed by atoms with Gasteiger partial charge in [-0.1, -0.05) is 48.4 Å². The third kappa shape index (κ3) is 4.12. The van der Waals surface area contributed by atoms with Gasteiger partial charge in [-0.3, -0.25) is 0 Å². The van der Waals surface area contributed by atoms with Gasteiger partial charge in [0.2, 0.25) is 0 Å². The lowest BCUT2D eigenvalue weighted by Gasteiger charge is -2.05. The minimum absolute atomic E-state index is 0.128. The summed E-state index contributed by atoms with van der Waals surface area (Å²) in [6.07, 6.45) is 1.88. The molecule has 0 saturated heterocycles. The maximum absolute atomic E-state index is 6.06. The normalized spacial score (nSPS) is 11.6. The summed E-state index contributed by atoms with van der Waals surface area (Å²) < 4.78 is 5.06. The van der Waals surface area contributed by atoms with Crippen molar-refractivity contribution in [2.75, 3.05) is 7.11 Å². The molecule has 1 rings (SSSR count). The van der Waals surface area contributed by atoms with E-state index in [0.29, 0.717) is 21.4 Å². The molecule has 0 saturated carbocycles. The van der Waals surface area contributed by atoms with E-state index in [4.69, 9.17) is 33.7 Å². The van der Waals surface area contributed by atoms with Crippen molar-refractivity contribution in [3.8, 4) is 17.6 Å². The van der Waals surface area contributed by atoms with Crippen molar-refractivity contribution < 1.29 is 4.74 Å². The predicted molar refractivity (Wildman–Crippen MR) is 72.8 cm³/mol. The molecule has 4 heteroatoms. The van der Waals surface area contributed by atoms with Gasteiger partial charge in [-0.25, -0.2) is 0 Å². The highest BCUT2D eigenvalue weighted by molar-refractivity contribution is 6.35. The van der Waals surface area contributed by atoms with Crippen molar-refractivity contribution in [3.63, 3.8) is 0 Å². The van der Waals surface area contributed by atoms with Crippen molar-refractivity contribution in [2.24, 2.45) is 5.73 Å². The van der Waals surface area contributed by atoms with Gasteiger partial charge in [-0.15, -0.1) is 0 Å². The summed E-state index contributed by atoms with van der Waals surface area (Å²) >= 11 is 12.1. The molecule has 0 radical (unpaired) electrons. The van der Waals surface area contributed by atoms with Crippen LogP contribution in [0.25, 0.3) is 0 Å². The summed E-state index contributed by atoms with van der Waals surface area (Å²) in [6, 6.07) is 3.21. The highest BCUT2D eigenvalue weighted by Gasteiger charge is 2.06. The maximum atomic E-state index is 6.06. The number of nitrogens with two attached hydrogens (primary N) is 1. The Labute approximate surface area is 112 Å². The second kappa shape index (κ2) is 6.76. The summed E-state index contributed by atoms with van der Waals surface area (Å²) in [5.74, 6) is 6.43. The zero-order valence-electron chi connectivity index (χ0n) is 9.89. The molecule has 0 aromatic heterocycles. The predicted octanol–water partition coefficient (Wildman–Crippen LogP) is 3.48. The van der Waals surface area contributed by atoms with Gasteiger partial charge in [0, 0.05) is 11.6 Å². The van der Waals surface area contributed by atoms with E-state index in [1.54, 1.807) is 19.2 Å². The first kappa shape index (κ1) is 14.2. The molecule has 0 fully saturated rings. The molecule has 17 heavy (non-hydrogen) atoms. The number of rotatable bonds is 3. The highest BCUT2D eigenvalue weighted by atomic mass is 35.5. The smallest absolute Gasteiger partial charge is 0.139 e. The molecule has 0 aliphatic rings. The summed E-state index contributed by atoms with van der Waals surface area (Å²) in [5.41, 5.74) is 6.47. The first-order chi connectivity index (χ1) is 8.08. The summed E-state index contributed by atoms with van der Waals surface area (Å²) in [6.45, 7) is 2.07. The monoisotopic (exact) mass is 271 g/mol. The van der Waals surface area contributed by atoms with Gasteiger partial charge < -0.3 is 10.5 Å². The zero-order valence-corrected chi connectivity index (χ0v) is 11.4. The van der Waals surface area contributed by atoms with E-state index in [-0.39, 0.29) is 6.04 Å². The van der Waals surface area contributed by atoms with Crippen molar-refractivity contribution in [2.45, 2.75) is 25.8 Å². The standard InChI is InChI=1S/C13H15Cl2NO/c1-3-4-10(16)6-5-9-7-12(15)13(17-2)8-11(9)14/h7-8,10H,3-4,16H2,1-2H3. The molecule has 2 nitrogen and oxygen atoms in total. The lowest BCUT2D eigenvalue weighted by Crippen LogP contribution is -2.16. The second-order valence-corrected chi connectivity index (χ2v) is 4.45. The lowest BCUT2D eigenvalue weighted by molar-refractivity contribution is 0.415. The molecule has 2 N–H and O–H groups in total. The van der Waals surface area contributed by atoms with Crippen LogP contribution in [0.3, 0.4) is 0 Å². The molecule has 0 spiro atoms. The van der Waals surface area contributed by atoms with Crippen molar-refractivity contribution in [3.05, 3.63) is 27.7 Å². The highest BCUT2D eigenvalue weighted by Crippen LogP contribution is 2.30. The van der Waals surface area contributed by atoms with Crippen LogP contribution >= 0.6 is 23.2 Å². The van der Waals surface area contributed by atoms with Gasteiger partial charge in [0.15, 0.2) is 0 Å². The third-order valence-corrected chi connectivity index (χ3v) is 2.84. The van der Waals surface area contributed by atoms with Crippen LogP contribution < -0.4 is 10.5 Å².